The molecule has 0 saturated heterocycles. The number of nitrogens with zero attached hydrogens (tertiary/aromatic N) is 3. The summed E-state index contributed by atoms with van der Waals surface area (Å²) in [7, 11) is 1.80. The van der Waals surface area contributed by atoms with Crippen LogP contribution in [0.3, 0.4) is 0 Å². The Labute approximate surface area is 209 Å². The third-order valence-electron chi connectivity index (χ3n) is 5.65. The van der Waals surface area contributed by atoms with Crippen molar-refractivity contribution in [1.82, 2.24) is 20.6 Å². The first-order chi connectivity index (χ1) is 14.7. The molecule has 1 aliphatic carbocycles. The molecule has 3 N–H and O–H groups in total. The predicted octanol–water partition coefficient (Wildman–Crippen LogP) is 4.92. The van der Waals surface area contributed by atoms with Gasteiger partial charge in [-0.3, -0.25) is 9.79 Å². The zero-order valence-corrected chi connectivity index (χ0v) is 22.1. The molecule has 1 aromatic heterocycles. The largest absolute Gasteiger partial charge is 0.369 e. The fraction of sp³-hybridized carbons (Fsp3) is 0.583. The fourth-order valence-electron chi connectivity index (χ4n) is 3.86. The molecule has 7 nitrogen and oxygen atoms in total. The minimum atomic E-state index is -0.243. The summed E-state index contributed by atoms with van der Waals surface area (Å²) in [6, 6.07) is 6.53. The van der Waals surface area contributed by atoms with E-state index in [1.807, 2.05) is 19.1 Å². The van der Waals surface area contributed by atoms with Crippen LogP contribution in [0, 0.1) is 12.3 Å². The highest BCUT2D eigenvalue weighted by Crippen LogP contribution is 2.27. The lowest BCUT2D eigenvalue weighted by Crippen LogP contribution is -2.48. The van der Waals surface area contributed by atoms with Crippen LogP contribution in [0.2, 0.25) is 0 Å². The van der Waals surface area contributed by atoms with Crippen LogP contribution < -0.4 is 16.0 Å². The highest BCUT2D eigenvalue weighted by Gasteiger charge is 2.27. The van der Waals surface area contributed by atoms with Gasteiger partial charge in [0.2, 0.25) is 5.82 Å². The summed E-state index contributed by atoms with van der Waals surface area (Å²) in [5.74, 6) is 1.62. The van der Waals surface area contributed by atoms with E-state index in [1.165, 1.54) is 12.8 Å². The topological polar surface area (TPSA) is 91.3 Å². The molecular formula is C24H38Cl2N6O. The Kier molecular flexibility index (Phi) is 10.8. The zero-order chi connectivity index (χ0) is 22.6. The second kappa shape index (κ2) is 12.4. The minimum Gasteiger partial charge on any atom is -0.369 e. The zero-order valence-electron chi connectivity index (χ0n) is 20.5. The van der Waals surface area contributed by atoms with E-state index in [2.05, 4.69) is 64.7 Å². The van der Waals surface area contributed by atoms with Crippen LogP contribution in [0.1, 0.15) is 69.6 Å². The number of halogens is 2. The van der Waals surface area contributed by atoms with Gasteiger partial charge in [-0.2, -0.15) is 0 Å². The van der Waals surface area contributed by atoms with Gasteiger partial charge in [-0.25, -0.2) is 9.97 Å². The molecule has 1 fully saturated rings. The summed E-state index contributed by atoms with van der Waals surface area (Å²) in [4.78, 5) is 26.3. The molecule has 33 heavy (non-hydrogen) atoms. The maximum Gasteiger partial charge on any atom is 0.289 e. The normalized spacial score (nSPS) is 18.7. The molecule has 0 radical (unpaired) electrons. The molecule has 0 bridgehead atoms. The quantitative estimate of drug-likeness (QED) is 0.403. The third-order valence-corrected chi connectivity index (χ3v) is 5.65. The monoisotopic (exact) mass is 496 g/mol. The molecule has 1 amide bonds. The summed E-state index contributed by atoms with van der Waals surface area (Å²) in [6.07, 6.45) is 4.47. The van der Waals surface area contributed by atoms with Gasteiger partial charge in [0.25, 0.3) is 5.91 Å². The number of carbonyl (C=O) groups excluding carboxylic acids is 1. The van der Waals surface area contributed by atoms with E-state index in [0.717, 1.165) is 41.0 Å². The van der Waals surface area contributed by atoms with Gasteiger partial charge in [0.1, 0.15) is 5.82 Å². The number of hydrogen-bond acceptors (Lipinski definition) is 5. The van der Waals surface area contributed by atoms with E-state index in [1.54, 1.807) is 7.05 Å². The Morgan fingerprint density at radius 3 is 2.42 bits per heavy atom. The Balaban J connectivity index is 0.00000272. The van der Waals surface area contributed by atoms with Crippen LogP contribution in [0.25, 0.3) is 10.9 Å². The van der Waals surface area contributed by atoms with E-state index in [-0.39, 0.29) is 54.0 Å². The van der Waals surface area contributed by atoms with Gasteiger partial charge in [0.15, 0.2) is 0 Å². The molecule has 0 unspecified atom stereocenters. The number of anilines is 1. The van der Waals surface area contributed by atoms with Crippen molar-refractivity contribution in [2.45, 2.75) is 72.4 Å². The lowest BCUT2D eigenvalue weighted by molar-refractivity contribution is 0.0929. The maximum atomic E-state index is 12.8. The minimum absolute atomic E-state index is 0. The first-order valence-corrected chi connectivity index (χ1v) is 11.2. The molecule has 0 spiro atoms. The Morgan fingerprint density at radius 1 is 1.12 bits per heavy atom. The average molecular weight is 498 g/mol. The number of aromatic nitrogens is 2. The van der Waals surface area contributed by atoms with Crippen LogP contribution in [0.15, 0.2) is 23.2 Å². The van der Waals surface area contributed by atoms with E-state index in [9.17, 15) is 4.79 Å². The SMILES string of the molecule is C/N=C(\C)N[C@@H]1CCCC[C@@H]1Nc1nc(C(=O)NCC(C)(C)C)nc2ccc(C)cc12.Cl.Cl. The number of aliphatic imine (C=N–C) groups is 1. The molecular weight excluding hydrogens is 459 g/mol. The maximum absolute atomic E-state index is 12.8. The highest BCUT2D eigenvalue weighted by atomic mass is 35.5. The number of fused-ring (bicyclic) bond motifs is 1. The predicted molar refractivity (Wildman–Crippen MR) is 142 cm³/mol. The molecule has 1 saturated carbocycles. The second-order valence-electron chi connectivity index (χ2n) is 9.75. The number of amides is 1. The molecule has 3 rings (SSSR count). The number of rotatable bonds is 5. The fourth-order valence-corrected chi connectivity index (χ4v) is 3.86. The van der Waals surface area contributed by atoms with Gasteiger partial charge in [-0.15, -0.1) is 24.8 Å². The summed E-state index contributed by atoms with van der Waals surface area (Å²) in [5, 5.41) is 11.1. The van der Waals surface area contributed by atoms with Crippen molar-refractivity contribution in [2.75, 3.05) is 18.9 Å². The van der Waals surface area contributed by atoms with Crippen LogP contribution in [0.4, 0.5) is 5.82 Å². The molecule has 1 heterocycles. The lowest BCUT2D eigenvalue weighted by atomic mass is 9.90. The highest BCUT2D eigenvalue weighted by molar-refractivity contribution is 5.96. The number of carbonyl (C=O) groups is 1. The van der Waals surface area contributed by atoms with E-state index in [4.69, 9.17) is 0 Å². The van der Waals surface area contributed by atoms with Crippen LogP contribution >= 0.6 is 24.8 Å². The molecule has 0 aliphatic heterocycles. The molecule has 184 valence electrons. The number of aryl methyl sites for hydroxylation is 1. The van der Waals surface area contributed by atoms with Gasteiger partial charge in [-0.05, 0) is 44.2 Å². The van der Waals surface area contributed by atoms with Gasteiger partial charge >= 0.3 is 0 Å². The summed E-state index contributed by atoms with van der Waals surface area (Å²) >= 11 is 0. The molecule has 2 aromatic rings. The van der Waals surface area contributed by atoms with Crippen molar-refractivity contribution < 1.29 is 4.79 Å². The van der Waals surface area contributed by atoms with Crippen molar-refractivity contribution in [3.05, 3.63) is 29.6 Å². The summed E-state index contributed by atoms with van der Waals surface area (Å²) < 4.78 is 0. The third kappa shape index (κ3) is 8.00. The Hall–Kier alpha value is -2.12. The average Bonchev–Trinajstić information content (AvgIpc) is 2.72. The van der Waals surface area contributed by atoms with Crippen LogP contribution in [-0.4, -0.2) is 47.4 Å². The van der Waals surface area contributed by atoms with E-state index >= 15 is 0 Å². The van der Waals surface area contributed by atoms with E-state index < -0.39 is 0 Å². The van der Waals surface area contributed by atoms with Gasteiger partial charge in [0.05, 0.1) is 11.4 Å². The van der Waals surface area contributed by atoms with Gasteiger partial charge in [-0.1, -0.05) is 45.2 Å². The van der Waals surface area contributed by atoms with Gasteiger partial charge < -0.3 is 16.0 Å². The van der Waals surface area contributed by atoms with Crippen molar-refractivity contribution >= 4 is 53.3 Å². The Morgan fingerprint density at radius 2 is 1.79 bits per heavy atom. The smallest absolute Gasteiger partial charge is 0.289 e. The number of hydrogen-bond donors (Lipinski definition) is 3. The number of nitrogens with one attached hydrogen (secondary N) is 3. The van der Waals surface area contributed by atoms with Crippen molar-refractivity contribution in [3.8, 4) is 0 Å². The molecule has 1 aromatic carbocycles. The summed E-state index contributed by atoms with van der Waals surface area (Å²) in [5.41, 5.74) is 1.90. The first kappa shape index (κ1) is 28.9. The van der Waals surface area contributed by atoms with Crippen molar-refractivity contribution in [1.29, 1.82) is 0 Å². The van der Waals surface area contributed by atoms with Crippen molar-refractivity contribution in [3.63, 3.8) is 0 Å². The molecule has 2 atom stereocenters. The van der Waals surface area contributed by atoms with Gasteiger partial charge in [0, 0.05) is 31.1 Å². The molecule has 9 heteroatoms. The van der Waals surface area contributed by atoms with Crippen LogP contribution in [-0.2, 0) is 0 Å². The number of benzene rings is 1. The number of amidine groups is 1. The van der Waals surface area contributed by atoms with Crippen LogP contribution in [0.5, 0.6) is 0 Å². The Bertz CT molecular complexity index is 973. The molecule has 1 aliphatic rings. The first-order valence-electron chi connectivity index (χ1n) is 11.2. The summed E-state index contributed by atoms with van der Waals surface area (Å²) in [6.45, 7) is 10.9. The standard InChI is InChI=1S/C24H36N6O.2ClH/c1-15-11-12-18-17(13-15)21(30-22(28-18)23(31)26-14-24(3,4)5)29-20-10-8-7-9-19(20)27-16(2)25-6;;/h11-13,19-20H,7-10,14H2,1-6H3,(H,25,27)(H,26,31)(H,28,29,30);2*1H/t19-,20+;;/m1../s1. The van der Waals surface area contributed by atoms with E-state index in [0.29, 0.717) is 6.54 Å². The second-order valence-corrected chi connectivity index (χ2v) is 9.75. The lowest BCUT2D eigenvalue weighted by Gasteiger charge is -2.34. The van der Waals surface area contributed by atoms with Crippen molar-refractivity contribution in [2.24, 2.45) is 10.4 Å².